The standard InChI is InChI=1S/C19H19N3O4/c1-2-3-8-18-20-15-6-4-5-7-16(15)21(18)12-14-10-9-13(19(23)24)11-17(14)22(25)26/h4-7,9-11H,2-3,8,12H2,1H3,(H,23,24). The number of hydrogen-bond acceptors (Lipinski definition) is 4. The predicted octanol–water partition coefficient (Wildman–Crippen LogP) is 4.03. The maximum atomic E-state index is 11.4. The van der Waals surface area contributed by atoms with Gasteiger partial charge in [-0.3, -0.25) is 10.1 Å². The second-order valence-electron chi connectivity index (χ2n) is 6.11. The van der Waals surface area contributed by atoms with Crippen molar-refractivity contribution < 1.29 is 14.8 Å². The number of fused-ring (bicyclic) bond motifs is 1. The third-order valence-electron chi connectivity index (χ3n) is 4.34. The number of nitro benzene ring substituents is 1. The first kappa shape index (κ1) is 17.6. The second-order valence-corrected chi connectivity index (χ2v) is 6.11. The first-order valence-electron chi connectivity index (χ1n) is 8.46. The van der Waals surface area contributed by atoms with E-state index in [9.17, 15) is 14.9 Å². The smallest absolute Gasteiger partial charge is 0.335 e. The molecule has 2 aromatic carbocycles. The average molecular weight is 353 g/mol. The van der Waals surface area contributed by atoms with E-state index in [1.807, 2.05) is 28.8 Å². The third kappa shape index (κ3) is 3.42. The quantitative estimate of drug-likeness (QED) is 0.511. The lowest BCUT2D eigenvalue weighted by Gasteiger charge is -2.10. The highest BCUT2D eigenvalue weighted by Crippen LogP contribution is 2.25. The summed E-state index contributed by atoms with van der Waals surface area (Å²) in [5.74, 6) is -0.305. The van der Waals surface area contributed by atoms with Gasteiger partial charge in [0, 0.05) is 18.1 Å². The molecule has 0 spiro atoms. The minimum atomic E-state index is -1.18. The maximum Gasteiger partial charge on any atom is 0.335 e. The molecule has 0 saturated heterocycles. The van der Waals surface area contributed by atoms with E-state index in [4.69, 9.17) is 5.11 Å². The van der Waals surface area contributed by atoms with Crippen LogP contribution < -0.4 is 0 Å². The Morgan fingerprint density at radius 1 is 1.27 bits per heavy atom. The molecule has 134 valence electrons. The van der Waals surface area contributed by atoms with E-state index >= 15 is 0 Å². The van der Waals surface area contributed by atoms with E-state index in [1.165, 1.54) is 12.1 Å². The number of unbranched alkanes of at least 4 members (excludes halogenated alkanes) is 1. The molecule has 1 heterocycles. The van der Waals surface area contributed by atoms with Crippen molar-refractivity contribution in [2.24, 2.45) is 0 Å². The zero-order valence-electron chi connectivity index (χ0n) is 14.4. The monoisotopic (exact) mass is 353 g/mol. The average Bonchev–Trinajstić information content (AvgIpc) is 2.97. The first-order chi connectivity index (χ1) is 12.5. The molecular formula is C19H19N3O4. The van der Waals surface area contributed by atoms with Crippen LogP contribution in [0.1, 0.15) is 41.5 Å². The normalized spacial score (nSPS) is 11.0. The van der Waals surface area contributed by atoms with Crippen molar-refractivity contribution in [3.05, 3.63) is 69.5 Å². The topological polar surface area (TPSA) is 98.3 Å². The first-order valence-corrected chi connectivity index (χ1v) is 8.46. The van der Waals surface area contributed by atoms with Gasteiger partial charge in [0.2, 0.25) is 0 Å². The van der Waals surface area contributed by atoms with Crippen LogP contribution in [0, 0.1) is 10.1 Å². The van der Waals surface area contributed by atoms with Crippen molar-refractivity contribution in [1.29, 1.82) is 0 Å². The van der Waals surface area contributed by atoms with Crippen molar-refractivity contribution in [3.8, 4) is 0 Å². The second kappa shape index (κ2) is 7.35. The number of nitrogens with zero attached hydrogens (tertiary/aromatic N) is 3. The summed E-state index contributed by atoms with van der Waals surface area (Å²) in [6.45, 7) is 2.37. The molecular weight excluding hydrogens is 334 g/mol. The van der Waals surface area contributed by atoms with Gasteiger partial charge in [0.05, 0.1) is 28.1 Å². The van der Waals surface area contributed by atoms with Gasteiger partial charge in [-0.05, 0) is 30.7 Å². The Kier molecular flexibility index (Phi) is 4.97. The van der Waals surface area contributed by atoms with Gasteiger partial charge in [-0.15, -0.1) is 0 Å². The summed E-state index contributed by atoms with van der Waals surface area (Å²) in [6, 6.07) is 11.7. The third-order valence-corrected chi connectivity index (χ3v) is 4.34. The molecule has 0 saturated carbocycles. The summed E-state index contributed by atoms with van der Waals surface area (Å²) in [5.41, 5.74) is 1.94. The van der Waals surface area contributed by atoms with Gasteiger partial charge in [0.15, 0.2) is 0 Å². The lowest BCUT2D eigenvalue weighted by Crippen LogP contribution is -2.08. The van der Waals surface area contributed by atoms with Crippen LogP contribution in [0.4, 0.5) is 5.69 Å². The van der Waals surface area contributed by atoms with Crippen LogP contribution >= 0.6 is 0 Å². The van der Waals surface area contributed by atoms with E-state index in [2.05, 4.69) is 11.9 Å². The molecule has 0 bridgehead atoms. The van der Waals surface area contributed by atoms with E-state index in [-0.39, 0.29) is 17.8 Å². The van der Waals surface area contributed by atoms with E-state index in [0.29, 0.717) is 5.56 Å². The molecule has 26 heavy (non-hydrogen) atoms. The molecule has 0 aliphatic rings. The highest BCUT2D eigenvalue weighted by atomic mass is 16.6. The lowest BCUT2D eigenvalue weighted by atomic mass is 10.1. The molecule has 0 unspecified atom stereocenters. The lowest BCUT2D eigenvalue weighted by molar-refractivity contribution is -0.385. The number of aromatic carboxylic acids is 1. The fraction of sp³-hybridized carbons (Fsp3) is 0.263. The van der Waals surface area contributed by atoms with Crippen LogP contribution in [0.2, 0.25) is 0 Å². The molecule has 0 aliphatic carbocycles. The number of rotatable bonds is 7. The summed E-state index contributed by atoms with van der Waals surface area (Å²) in [6.07, 6.45) is 2.78. The van der Waals surface area contributed by atoms with Crippen LogP contribution in [0.15, 0.2) is 42.5 Å². The molecule has 7 heteroatoms. The van der Waals surface area contributed by atoms with Crippen LogP contribution in [-0.2, 0) is 13.0 Å². The molecule has 1 N–H and O–H groups in total. The van der Waals surface area contributed by atoms with Gasteiger partial charge in [-0.1, -0.05) is 25.5 Å². The molecule has 0 aliphatic heterocycles. The molecule has 3 aromatic rings. The van der Waals surface area contributed by atoms with Crippen LogP contribution in [0.5, 0.6) is 0 Å². The minimum Gasteiger partial charge on any atom is -0.478 e. The highest BCUT2D eigenvalue weighted by molar-refractivity contribution is 5.88. The van der Waals surface area contributed by atoms with Crippen molar-refractivity contribution in [2.75, 3.05) is 0 Å². The number of imidazole rings is 1. The molecule has 0 fully saturated rings. The number of hydrogen-bond donors (Lipinski definition) is 1. The molecule has 1 aromatic heterocycles. The van der Waals surface area contributed by atoms with Crippen molar-refractivity contribution >= 4 is 22.7 Å². The van der Waals surface area contributed by atoms with Gasteiger partial charge in [-0.2, -0.15) is 0 Å². The summed E-state index contributed by atoms with van der Waals surface area (Å²) in [4.78, 5) is 26.7. The fourth-order valence-electron chi connectivity index (χ4n) is 3.00. The van der Waals surface area contributed by atoms with Crippen LogP contribution in [0.3, 0.4) is 0 Å². The van der Waals surface area contributed by atoms with E-state index < -0.39 is 10.9 Å². The minimum absolute atomic E-state index is 0.0952. The van der Waals surface area contributed by atoms with Gasteiger partial charge in [-0.25, -0.2) is 9.78 Å². The molecule has 3 rings (SSSR count). The van der Waals surface area contributed by atoms with E-state index in [0.717, 1.165) is 42.2 Å². The van der Waals surface area contributed by atoms with Gasteiger partial charge >= 0.3 is 5.97 Å². The SMILES string of the molecule is CCCCc1nc2ccccc2n1Cc1ccc(C(=O)O)cc1[N+](=O)[O-]. The highest BCUT2D eigenvalue weighted by Gasteiger charge is 2.19. The summed E-state index contributed by atoms with van der Waals surface area (Å²) < 4.78 is 1.98. The number of carboxylic acid groups (broad SMARTS) is 1. The zero-order chi connectivity index (χ0) is 18.7. The molecule has 0 atom stereocenters. The van der Waals surface area contributed by atoms with Gasteiger partial charge < -0.3 is 9.67 Å². The Balaban J connectivity index is 2.08. The van der Waals surface area contributed by atoms with Crippen molar-refractivity contribution in [3.63, 3.8) is 0 Å². The number of benzene rings is 2. The number of para-hydroxylation sites is 2. The molecule has 0 radical (unpaired) electrons. The largest absolute Gasteiger partial charge is 0.478 e. The summed E-state index contributed by atoms with van der Waals surface area (Å²) >= 11 is 0. The number of aryl methyl sites for hydroxylation is 1. The fourth-order valence-corrected chi connectivity index (χ4v) is 3.00. The zero-order valence-corrected chi connectivity index (χ0v) is 14.4. The Labute approximate surface area is 150 Å². The maximum absolute atomic E-state index is 11.4. The predicted molar refractivity (Wildman–Crippen MR) is 97.5 cm³/mol. The van der Waals surface area contributed by atoms with Crippen LogP contribution in [0.25, 0.3) is 11.0 Å². The van der Waals surface area contributed by atoms with Crippen molar-refractivity contribution in [2.45, 2.75) is 32.7 Å². The summed E-state index contributed by atoms with van der Waals surface area (Å²) in [5, 5.41) is 20.5. The Bertz CT molecular complexity index is 978. The van der Waals surface area contributed by atoms with Gasteiger partial charge in [0.1, 0.15) is 5.82 Å². The molecule has 0 amide bonds. The molecule has 7 nitrogen and oxygen atoms in total. The van der Waals surface area contributed by atoms with Crippen molar-refractivity contribution in [1.82, 2.24) is 9.55 Å². The summed E-state index contributed by atoms with van der Waals surface area (Å²) in [7, 11) is 0. The number of aromatic nitrogens is 2. The van der Waals surface area contributed by atoms with E-state index in [1.54, 1.807) is 0 Å². The Morgan fingerprint density at radius 3 is 2.73 bits per heavy atom. The number of carbonyl (C=O) groups is 1. The Morgan fingerprint density at radius 2 is 2.04 bits per heavy atom. The van der Waals surface area contributed by atoms with Crippen LogP contribution in [-0.4, -0.2) is 25.6 Å². The number of carboxylic acids is 1. The number of nitro groups is 1. The van der Waals surface area contributed by atoms with Gasteiger partial charge in [0.25, 0.3) is 5.69 Å². The Hall–Kier alpha value is -3.22.